The van der Waals surface area contributed by atoms with E-state index in [9.17, 15) is 13.2 Å². The van der Waals surface area contributed by atoms with Gasteiger partial charge in [0.05, 0.1) is 11.7 Å². The van der Waals surface area contributed by atoms with Crippen molar-refractivity contribution in [1.29, 1.82) is 0 Å². The maximum atomic E-state index is 13.1. The van der Waals surface area contributed by atoms with Crippen molar-refractivity contribution in [3.05, 3.63) is 29.1 Å². The molecule has 0 aliphatic carbocycles. The molecule has 2 aliphatic heterocycles. The number of nitrogens with zero attached hydrogens (tertiary/aromatic N) is 3. The molecule has 9 heteroatoms. The monoisotopic (exact) mass is 453 g/mol. The average Bonchev–Trinajstić information content (AvgIpc) is 3.16. The molecule has 0 bridgehead atoms. The van der Waals surface area contributed by atoms with E-state index in [2.05, 4.69) is 4.98 Å². The molecule has 1 atom stereocenters. The van der Waals surface area contributed by atoms with Gasteiger partial charge in [-0.25, -0.2) is 17.7 Å². The second-order valence-electron chi connectivity index (χ2n) is 8.28. The molecule has 3 heterocycles. The van der Waals surface area contributed by atoms with Crippen LogP contribution in [0.1, 0.15) is 50.8 Å². The first-order chi connectivity index (χ1) is 14.4. The van der Waals surface area contributed by atoms with E-state index < -0.39 is 10.0 Å². The Morgan fingerprint density at radius 3 is 2.73 bits per heavy atom. The second kappa shape index (κ2) is 8.85. The number of hydrogen-bond acceptors (Lipinski definition) is 5. The van der Waals surface area contributed by atoms with Gasteiger partial charge in [-0.1, -0.05) is 18.5 Å². The fourth-order valence-corrected chi connectivity index (χ4v) is 6.24. The number of fused-ring (bicyclic) bond motifs is 1. The summed E-state index contributed by atoms with van der Waals surface area (Å²) in [5, 5.41) is 0.630. The first-order valence-electron chi connectivity index (χ1n) is 10.7. The molecule has 30 heavy (non-hydrogen) atoms. The number of sulfonamides is 1. The summed E-state index contributed by atoms with van der Waals surface area (Å²) in [7, 11) is -3.26. The van der Waals surface area contributed by atoms with Crippen LogP contribution < -0.4 is 0 Å². The lowest BCUT2D eigenvalue weighted by Crippen LogP contribution is -2.48. The minimum Gasteiger partial charge on any atom is -0.440 e. The van der Waals surface area contributed by atoms with Crippen molar-refractivity contribution in [2.45, 2.75) is 44.9 Å². The molecule has 0 spiro atoms. The van der Waals surface area contributed by atoms with E-state index in [1.54, 1.807) is 12.1 Å². The third-order valence-corrected chi connectivity index (χ3v) is 8.39. The normalized spacial score (nSPS) is 21.9. The standard InChI is InChI=1S/C21H28ClN3O4S/c1-2-12-30(27,28)25-9-3-4-16(14-25)21(26)24-10-7-15(8-11-24)20-23-18-13-17(22)5-6-19(18)29-20/h5-6,13,15-16H,2-4,7-12,14H2,1H3. The zero-order valence-electron chi connectivity index (χ0n) is 17.2. The van der Waals surface area contributed by atoms with E-state index in [1.807, 2.05) is 17.9 Å². The van der Waals surface area contributed by atoms with Crippen molar-refractivity contribution in [2.24, 2.45) is 5.92 Å². The molecule has 0 N–H and O–H groups in total. The molecule has 0 radical (unpaired) electrons. The summed E-state index contributed by atoms with van der Waals surface area (Å²) in [4.78, 5) is 19.5. The summed E-state index contributed by atoms with van der Waals surface area (Å²) in [5.74, 6) is 0.860. The molecule has 2 saturated heterocycles. The highest BCUT2D eigenvalue weighted by molar-refractivity contribution is 7.89. The van der Waals surface area contributed by atoms with Gasteiger partial charge >= 0.3 is 0 Å². The molecular formula is C21H28ClN3O4S. The molecule has 2 fully saturated rings. The zero-order valence-corrected chi connectivity index (χ0v) is 18.8. The molecule has 4 rings (SSSR count). The van der Waals surface area contributed by atoms with E-state index in [0.717, 1.165) is 36.8 Å². The molecule has 1 unspecified atom stereocenters. The average molecular weight is 454 g/mol. The Morgan fingerprint density at radius 1 is 1.23 bits per heavy atom. The van der Waals surface area contributed by atoms with Crippen LogP contribution in [0.4, 0.5) is 0 Å². The summed E-state index contributed by atoms with van der Waals surface area (Å²) in [6, 6.07) is 5.41. The van der Waals surface area contributed by atoms with Crippen molar-refractivity contribution in [3.8, 4) is 0 Å². The number of oxazole rings is 1. The van der Waals surface area contributed by atoms with Crippen molar-refractivity contribution < 1.29 is 17.6 Å². The highest BCUT2D eigenvalue weighted by Gasteiger charge is 2.35. The quantitative estimate of drug-likeness (QED) is 0.690. The molecule has 1 amide bonds. The smallest absolute Gasteiger partial charge is 0.227 e. The van der Waals surface area contributed by atoms with Crippen LogP contribution >= 0.6 is 11.6 Å². The molecule has 7 nitrogen and oxygen atoms in total. The van der Waals surface area contributed by atoms with Gasteiger partial charge in [-0.3, -0.25) is 4.79 Å². The molecule has 0 saturated carbocycles. The van der Waals surface area contributed by atoms with E-state index in [0.29, 0.717) is 43.5 Å². The van der Waals surface area contributed by atoms with Crippen LogP contribution in [0, 0.1) is 5.92 Å². The Kier molecular flexibility index (Phi) is 6.36. The van der Waals surface area contributed by atoms with E-state index in [-0.39, 0.29) is 23.5 Å². The van der Waals surface area contributed by atoms with E-state index in [4.69, 9.17) is 16.0 Å². The van der Waals surface area contributed by atoms with Crippen LogP contribution in [-0.2, 0) is 14.8 Å². The van der Waals surface area contributed by atoms with Gasteiger partial charge in [0.1, 0.15) is 5.52 Å². The van der Waals surface area contributed by atoms with Crippen LogP contribution in [0.2, 0.25) is 5.02 Å². The summed E-state index contributed by atoms with van der Waals surface area (Å²) in [6.07, 6.45) is 3.66. The van der Waals surface area contributed by atoms with Crippen molar-refractivity contribution in [2.75, 3.05) is 31.9 Å². The predicted molar refractivity (Wildman–Crippen MR) is 116 cm³/mol. The highest BCUT2D eigenvalue weighted by atomic mass is 35.5. The van der Waals surface area contributed by atoms with Gasteiger partial charge < -0.3 is 9.32 Å². The Hall–Kier alpha value is -1.64. The maximum absolute atomic E-state index is 13.1. The van der Waals surface area contributed by atoms with Crippen molar-refractivity contribution in [1.82, 2.24) is 14.2 Å². The van der Waals surface area contributed by atoms with Gasteiger partial charge in [0.15, 0.2) is 11.5 Å². The summed E-state index contributed by atoms with van der Waals surface area (Å²) in [6.45, 7) is 3.98. The number of piperidine rings is 2. The number of amides is 1. The summed E-state index contributed by atoms with van der Waals surface area (Å²) < 4.78 is 32.2. The first kappa shape index (κ1) is 21.6. The van der Waals surface area contributed by atoms with Crippen LogP contribution in [0.3, 0.4) is 0 Å². The van der Waals surface area contributed by atoms with Gasteiger partial charge in [0.2, 0.25) is 15.9 Å². The maximum Gasteiger partial charge on any atom is 0.227 e. The first-order valence-corrected chi connectivity index (χ1v) is 12.7. The molecule has 1 aromatic carbocycles. The number of carbonyl (C=O) groups excluding carboxylic acids is 1. The van der Waals surface area contributed by atoms with Gasteiger partial charge in [0.25, 0.3) is 0 Å². The summed E-state index contributed by atoms with van der Waals surface area (Å²) in [5.41, 5.74) is 1.48. The Labute approximate surface area is 182 Å². The number of rotatable bonds is 5. The minimum atomic E-state index is -3.26. The van der Waals surface area contributed by atoms with Gasteiger partial charge in [-0.2, -0.15) is 0 Å². The zero-order chi connectivity index (χ0) is 21.3. The van der Waals surface area contributed by atoms with Gasteiger partial charge in [0, 0.05) is 37.1 Å². The molecule has 2 aromatic rings. The lowest BCUT2D eigenvalue weighted by atomic mass is 9.93. The predicted octanol–water partition coefficient (Wildman–Crippen LogP) is 3.64. The van der Waals surface area contributed by atoms with E-state index in [1.165, 1.54) is 4.31 Å². The Morgan fingerprint density at radius 2 is 2.00 bits per heavy atom. The SMILES string of the molecule is CCCS(=O)(=O)N1CCCC(C(=O)N2CCC(c3nc4cc(Cl)ccc4o3)CC2)C1. The van der Waals surface area contributed by atoms with E-state index >= 15 is 0 Å². The number of carbonyl (C=O) groups is 1. The van der Waals surface area contributed by atoms with Crippen molar-refractivity contribution >= 4 is 38.6 Å². The lowest BCUT2D eigenvalue weighted by molar-refractivity contribution is -0.137. The van der Waals surface area contributed by atoms with Gasteiger partial charge in [-0.15, -0.1) is 0 Å². The van der Waals surface area contributed by atoms with Crippen molar-refractivity contribution in [3.63, 3.8) is 0 Å². The largest absolute Gasteiger partial charge is 0.440 e. The number of benzene rings is 1. The third kappa shape index (κ3) is 4.50. The molecule has 1 aromatic heterocycles. The topological polar surface area (TPSA) is 83.7 Å². The van der Waals surface area contributed by atoms with Crippen LogP contribution in [0.15, 0.2) is 22.6 Å². The fourth-order valence-electron chi connectivity index (χ4n) is 4.48. The second-order valence-corrected chi connectivity index (χ2v) is 10.8. The number of hydrogen-bond donors (Lipinski definition) is 0. The lowest BCUT2D eigenvalue weighted by Gasteiger charge is -2.37. The number of aromatic nitrogens is 1. The number of halogens is 1. The molecular weight excluding hydrogens is 426 g/mol. The summed E-state index contributed by atoms with van der Waals surface area (Å²) >= 11 is 6.03. The van der Waals surface area contributed by atoms with Crippen LogP contribution in [0.25, 0.3) is 11.1 Å². The number of likely N-dealkylation sites (tertiary alicyclic amines) is 1. The van der Waals surface area contributed by atoms with Crippen LogP contribution in [0.5, 0.6) is 0 Å². The Balaban J connectivity index is 1.36. The van der Waals surface area contributed by atoms with Crippen LogP contribution in [-0.4, -0.2) is 60.4 Å². The minimum absolute atomic E-state index is 0.0780. The fraction of sp³-hybridized carbons (Fsp3) is 0.619. The van der Waals surface area contributed by atoms with Gasteiger partial charge in [-0.05, 0) is 50.3 Å². The highest BCUT2D eigenvalue weighted by Crippen LogP contribution is 2.32. The third-order valence-electron chi connectivity index (χ3n) is 6.11. The molecule has 2 aliphatic rings. The Bertz CT molecular complexity index is 1010. The molecule has 164 valence electrons.